The standard InChI is InChI=1S/C47H36/c1-4-34(29-36-21-23-38(28-33(36)3)39-22-20-35-13-11-12-14-37(35)30-39)40-24-26-44-43-25-19-32(2)27-45(43)47(46(44)31-40,41-15-7-5-8-16-41)42-17-9-6-10-18-42/h4-31H,3H2,1-2H3/b34-4+,36-29-. The molecule has 0 saturated heterocycles. The van der Waals surface area contributed by atoms with Crippen molar-refractivity contribution in [1.82, 2.24) is 0 Å². The van der Waals surface area contributed by atoms with Crippen LogP contribution in [0.1, 0.15) is 40.3 Å². The quantitative estimate of drug-likeness (QED) is 0.184. The van der Waals surface area contributed by atoms with E-state index in [0.29, 0.717) is 0 Å². The zero-order chi connectivity index (χ0) is 32.0. The third-order valence-electron chi connectivity index (χ3n) is 9.89. The topological polar surface area (TPSA) is 0 Å². The fraction of sp³-hybridized carbons (Fsp3) is 0.0638. The molecule has 1 aliphatic rings. The monoisotopic (exact) mass is 600 g/mol. The van der Waals surface area contributed by atoms with Gasteiger partial charge in [0.2, 0.25) is 0 Å². The van der Waals surface area contributed by atoms with E-state index in [-0.39, 0.29) is 0 Å². The van der Waals surface area contributed by atoms with Crippen molar-refractivity contribution in [2.45, 2.75) is 19.3 Å². The van der Waals surface area contributed by atoms with Gasteiger partial charge < -0.3 is 0 Å². The lowest BCUT2D eigenvalue weighted by Gasteiger charge is -2.34. The number of benzene rings is 7. The smallest absolute Gasteiger partial charge is 0.0713 e. The van der Waals surface area contributed by atoms with Gasteiger partial charge in [-0.1, -0.05) is 158 Å². The first-order chi connectivity index (χ1) is 23.1. The minimum atomic E-state index is -0.424. The first-order valence-electron chi connectivity index (χ1n) is 16.4. The van der Waals surface area contributed by atoms with E-state index in [2.05, 4.69) is 190 Å². The second-order valence-electron chi connectivity index (χ2n) is 12.7. The molecule has 0 atom stereocenters. The summed E-state index contributed by atoms with van der Waals surface area (Å²) < 4.78 is 0. The van der Waals surface area contributed by atoms with Gasteiger partial charge in [-0.15, -0.1) is 0 Å². The molecule has 1 aliphatic carbocycles. The summed E-state index contributed by atoms with van der Waals surface area (Å²) in [6.45, 7) is 8.82. The highest BCUT2D eigenvalue weighted by Crippen LogP contribution is 2.56. The van der Waals surface area contributed by atoms with Crippen molar-refractivity contribution < 1.29 is 0 Å². The summed E-state index contributed by atoms with van der Waals surface area (Å²) in [5.41, 5.74) is 13.4. The fourth-order valence-electron chi connectivity index (χ4n) is 7.58. The van der Waals surface area contributed by atoms with Crippen LogP contribution in [0, 0.1) is 6.92 Å². The summed E-state index contributed by atoms with van der Waals surface area (Å²) in [4.78, 5) is 0. The Bertz CT molecular complexity index is 2390. The van der Waals surface area contributed by atoms with E-state index in [1.165, 1.54) is 72.0 Å². The van der Waals surface area contributed by atoms with Crippen molar-refractivity contribution in [3.8, 4) is 22.3 Å². The molecular weight excluding hydrogens is 565 g/mol. The van der Waals surface area contributed by atoms with Gasteiger partial charge in [-0.2, -0.15) is 0 Å². The number of fused-ring (bicyclic) bond motifs is 4. The molecular formula is C47H36. The van der Waals surface area contributed by atoms with Gasteiger partial charge in [0.1, 0.15) is 0 Å². The molecule has 0 unspecified atom stereocenters. The molecule has 0 amide bonds. The number of hydrogen-bond acceptors (Lipinski definition) is 0. The molecule has 8 rings (SSSR count). The summed E-state index contributed by atoms with van der Waals surface area (Å²) in [5.74, 6) is 0. The van der Waals surface area contributed by atoms with Crippen molar-refractivity contribution >= 4 is 29.0 Å². The van der Waals surface area contributed by atoms with Crippen LogP contribution in [0.4, 0.5) is 0 Å². The van der Waals surface area contributed by atoms with Gasteiger partial charge in [0.15, 0.2) is 0 Å². The Balaban J connectivity index is 1.27. The van der Waals surface area contributed by atoms with Crippen LogP contribution in [0.5, 0.6) is 0 Å². The minimum Gasteiger partial charge on any atom is -0.0911 e. The normalized spacial score (nSPS) is 13.8. The number of allylic oxidation sites excluding steroid dienone is 2. The molecule has 7 aromatic rings. The van der Waals surface area contributed by atoms with Crippen LogP contribution < -0.4 is 10.4 Å². The lowest BCUT2D eigenvalue weighted by Crippen LogP contribution is -2.28. The maximum Gasteiger partial charge on any atom is 0.0713 e. The van der Waals surface area contributed by atoms with Crippen LogP contribution in [0.15, 0.2) is 164 Å². The van der Waals surface area contributed by atoms with Crippen LogP contribution in [-0.2, 0) is 5.41 Å². The van der Waals surface area contributed by atoms with Crippen molar-refractivity contribution in [2.75, 3.05) is 0 Å². The molecule has 0 radical (unpaired) electrons. The Morgan fingerprint density at radius 3 is 1.83 bits per heavy atom. The molecule has 0 N–H and O–H groups in total. The zero-order valence-corrected chi connectivity index (χ0v) is 26.9. The van der Waals surface area contributed by atoms with Crippen LogP contribution in [0.2, 0.25) is 0 Å². The van der Waals surface area contributed by atoms with Crippen molar-refractivity contribution in [2.24, 2.45) is 0 Å². The Morgan fingerprint density at radius 2 is 1.15 bits per heavy atom. The Morgan fingerprint density at radius 1 is 0.553 bits per heavy atom. The predicted molar refractivity (Wildman–Crippen MR) is 201 cm³/mol. The zero-order valence-electron chi connectivity index (χ0n) is 26.9. The highest BCUT2D eigenvalue weighted by Gasteiger charge is 2.46. The minimum absolute atomic E-state index is 0.424. The van der Waals surface area contributed by atoms with E-state index in [4.69, 9.17) is 0 Å². The molecule has 224 valence electrons. The van der Waals surface area contributed by atoms with Crippen LogP contribution >= 0.6 is 0 Å². The maximum atomic E-state index is 4.49. The average molecular weight is 601 g/mol. The molecule has 0 bridgehead atoms. The molecule has 47 heavy (non-hydrogen) atoms. The molecule has 0 heteroatoms. The van der Waals surface area contributed by atoms with Gasteiger partial charge in [0.25, 0.3) is 0 Å². The maximum absolute atomic E-state index is 4.49. The fourth-order valence-corrected chi connectivity index (χ4v) is 7.58. The number of aryl methyl sites for hydroxylation is 1. The molecule has 7 aromatic carbocycles. The Labute approximate surface area is 277 Å². The SMILES string of the molecule is C=c1cc(-c2ccc3ccccc3c2)cc/c1=C/C(=C\C)c1ccc2c(c1)C(c1ccccc1)(c1ccccc1)c1cc(C)ccc1-2. The molecule has 0 heterocycles. The van der Waals surface area contributed by atoms with E-state index < -0.39 is 5.41 Å². The van der Waals surface area contributed by atoms with E-state index >= 15 is 0 Å². The summed E-state index contributed by atoms with van der Waals surface area (Å²) in [7, 11) is 0. The van der Waals surface area contributed by atoms with Gasteiger partial charge >= 0.3 is 0 Å². The van der Waals surface area contributed by atoms with Crippen molar-refractivity contribution in [3.05, 3.63) is 208 Å². The van der Waals surface area contributed by atoms with Gasteiger partial charge in [0, 0.05) is 0 Å². The molecule has 0 aromatic heterocycles. The van der Waals surface area contributed by atoms with Crippen molar-refractivity contribution in [3.63, 3.8) is 0 Å². The lowest BCUT2D eigenvalue weighted by molar-refractivity contribution is 0.767. The number of rotatable bonds is 5. The van der Waals surface area contributed by atoms with Crippen LogP contribution in [0.25, 0.3) is 51.3 Å². The van der Waals surface area contributed by atoms with Crippen molar-refractivity contribution in [1.29, 1.82) is 0 Å². The predicted octanol–water partition coefficient (Wildman–Crippen LogP) is 10.5. The highest BCUT2D eigenvalue weighted by atomic mass is 14.5. The third kappa shape index (κ3) is 4.77. The number of hydrogen-bond donors (Lipinski definition) is 0. The van der Waals surface area contributed by atoms with Gasteiger partial charge in [-0.25, -0.2) is 0 Å². The summed E-state index contributed by atoms with van der Waals surface area (Å²) in [5, 5.41) is 4.64. The van der Waals surface area contributed by atoms with E-state index in [1.807, 2.05) is 0 Å². The second kappa shape index (κ2) is 11.6. The lowest BCUT2D eigenvalue weighted by atomic mass is 9.67. The summed E-state index contributed by atoms with van der Waals surface area (Å²) >= 11 is 0. The first-order valence-corrected chi connectivity index (χ1v) is 16.4. The average Bonchev–Trinajstić information content (AvgIpc) is 3.41. The first kappa shape index (κ1) is 28.7. The molecule has 0 spiro atoms. The van der Waals surface area contributed by atoms with Crippen LogP contribution in [0.3, 0.4) is 0 Å². The second-order valence-corrected chi connectivity index (χ2v) is 12.7. The Hall–Kier alpha value is -5.72. The Kier molecular flexibility index (Phi) is 7.08. The van der Waals surface area contributed by atoms with Crippen LogP contribution in [-0.4, -0.2) is 0 Å². The van der Waals surface area contributed by atoms with E-state index in [1.54, 1.807) is 0 Å². The molecule has 0 aliphatic heterocycles. The molecule has 0 fully saturated rings. The van der Waals surface area contributed by atoms with Gasteiger partial charge in [-0.05, 0) is 115 Å². The van der Waals surface area contributed by atoms with Gasteiger partial charge in [0.05, 0.1) is 5.41 Å². The molecule has 0 nitrogen and oxygen atoms in total. The largest absolute Gasteiger partial charge is 0.0911 e. The summed E-state index contributed by atoms with van der Waals surface area (Å²) in [6, 6.07) is 57.8. The van der Waals surface area contributed by atoms with E-state index in [0.717, 1.165) is 10.4 Å². The van der Waals surface area contributed by atoms with Gasteiger partial charge in [-0.3, -0.25) is 0 Å². The summed E-state index contributed by atoms with van der Waals surface area (Å²) in [6.07, 6.45) is 4.50. The molecule has 0 saturated carbocycles. The van der Waals surface area contributed by atoms with E-state index in [9.17, 15) is 0 Å². The third-order valence-corrected chi connectivity index (χ3v) is 9.89. The highest BCUT2D eigenvalue weighted by molar-refractivity contribution is 5.93.